The molecule has 0 saturated heterocycles. The van der Waals surface area contributed by atoms with Gasteiger partial charge in [-0.2, -0.15) is 0 Å². The highest BCUT2D eigenvalue weighted by atomic mass is 16.6. The number of carbonyl (C=O) groups is 2. The first kappa shape index (κ1) is 24.4. The average molecular weight is 434 g/mol. The Bertz CT molecular complexity index is 865. The first-order chi connectivity index (χ1) is 14.8. The minimum Gasteiger partial charge on any atom is -0.491 e. The number of methoxy groups -OCH3 is 1. The van der Waals surface area contributed by atoms with Crippen LogP contribution in [-0.4, -0.2) is 69.3 Å². The molecule has 0 unspecified atom stereocenters. The molecule has 1 aromatic heterocycles. The number of fused-ring (bicyclic) bond motifs is 1. The molecule has 9 heteroatoms. The number of hydrogen-bond acceptors (Lipinski definition) is 8. The zero-order chi connectivity index (χ0) is 22.7. The molecule has 1 amide bonds. The van der Waals surface area contributed by atoms with Crippen molar-refractivity contribution >= 4 is 23.0 Å². The van der Waals surface area contributed by atoms with Gasteiger partial charge in [-0.1, -0.05) is 0 Å². The number of carbonyl (C=O) groups excluding carboxylic acids is 2. The largest absolute Gasteiger partial charge is 0.491 e. The van der Waals surface area contributed by atoms with Crippen LogP contribution in [0.4, 0.5) is 4.79 Å². The maximum absolute atomic E-state index is 11.9. The zero-order valence-corrected chi connectivity index (χ0v) is 18.4. The number of nitrogens with zero attached hydrogens (tertiary/aromatic N) is 1. The number of amides is 1. The fraction of sp³-hybridized carbons (Fsp3) is 0.500. The molecular formula is C22H30N2O7. The van der Waals surface area contributed by atoms with Crippen molar-refractivity contribution in [3.05, 3.63) is 36.0 Å². The molecule has 0 aliphatic rings. The van der Waals surface area contributed by atoms with Crippen molar-refractivity contribution in [2.45, 2.75) is 26.4 Å². The summed E-state index contributed by atoms with van der Waals surface area (Å²) in [5, 5.41) is 3.28. The standard InChI is InChI=1S/C22H30N2O7/c1-22(2,3)31-21(26)24-9-10-28-11-12-29-13-14-30-16-5-6-19-18(15-16)17(7-8-23-19)20(25)27-4/h5-8,15H,9-14H2,1-4H3,(H,24,26). The third-order valence-corrected chi connectivity index (χ3v) is 3.90. The predicted molar refractivity (Wildman–Crippen MR) is 114 cm³/mol. The lowest BCUT2D eigenvalue weighted by molar-refractivity contribution is 0.0327. The summed E-state index contributed by atoms with van der Waals surface area (Å²) >= 11 is 0. The van der Waals surface area contributed by atoms with Gasteiger partial charge in [-0.25, -0.2) is 9.59 Å². The van der Waals surface area contributed by atoms with Gasteiger partial charge in [0.25, 0.3) is 0 Å². The van der Waals surface area contributed by atoms with Gasteiger partial charge in [-0.15, -0.1) is 0 Å². The highest BCUT2D eigenvalue weighted by molar-refractivity contribution is 6.03. The maximum Gasteiger partial charge on any atom is 0.407 e. The summed E-state index contributed by atoms with van der Waals surface area (Å²) in [5.74, 6) is 0.188. The van der Waals surface area contributed by atoms with Crippen LogP contribution in [0.2, 0.25) is 0 Å². The Morgan fingerprint density at radius 1 is 1.00 bits per heavy atom. The van der Waals surface area contributed by atoms with Gasteiger partial charge in [-0.3, -0.25) is 4.98 Å². The fourth-order valence-corrected chi connectivity index (χ4v) is 2.58. The smallest absolute Gasteiger partial charge is 0.407 e. The van der Waals surface area contributed by atoms with Crippen LogP contribution in [0, 0.1) is 0 Å². The van der Waals surface area contributed by atoms with Gasteiger partial charge in [0.15, 0.2) is 0 Å². The summed E-state index contributed by atoms with van der Waals surface area (Å²) in [7, 11) is 1.34. The lowest BCUT2D eigenvalue weighted by Crippen LogP contribution is -2.34. The molecule has 0 bridgehead atoms. The average Bonchev–Trinajstić information content (AvgIpc) is 2.72. The van der Waals surface area contributed by atoms with E-state index in [-0.39, 0.29) is 0 Å². The summed E-state index contributed by atoms with van der Waals surface area (Å²) < 4.78 is 26.5. The Balaban J connectivity index is 1.60. The molecule has 0 spiro atoms. The number of aromatic nitrogens is 1. The van der Waals surface area contributed by atoms with Crippen LogP contribution in [0.3, 0.4) is 0 Å². The van der Waals surface area contributed by atoms with Gasteiger partial charge >= 0.3 is 12.1 Å². The van der Waals surface area contributed by atoms with Crippen molar-refractivity contribution in [2.24, 2.45) is 0 Å². The van der Waals surface area contributed by atoms with E-state index in [4.69, 9.17) is 23.7 Å². The predicted octanol–water partition coefficient (Wildman–Crippen LogP) is 2.96. The Kier molecular flexibility index (Phi) is 9.48. The Labute approximate surface area is 182 Å². The second-order valence-corrected chi connectivity index (χ2v) is 7.53. The van der Waals surface area contributed by atoms with Crippen molar-refractivity contribution in [3.63, 3.8) is 0 Å². The Hall–Kier alpha value is -2.91. The second-order valence-electron chi connectivity index (χ2n) is 7.53. The molecule has 1 aromatic carbocycles. The number of hydrogen-bond donors (Lipinski definition) is 1. The van der Waals surface area contributed by atoms with Gasteiger partial charge in [0.05, 0.1) is 44.6 Å². The Morgan fingerprint density at radius 2 is 1.71 bits per heavy atom. The van der Waals surface area contributed by atoms with Gasteiger partial charge in [0.2, 0.25) is 0 Å². The molecule has 2 aromatic rings. The van der Waals surface area contributed by atoms with E-state index >= 15 is 0 Å². The van der Waals surface area contributed by atoms with Crippen molar-refractivity contribution < 1.29 is 33.3 Å². The molecule has 2 rings (SSSR count). The maximum atomic E-state index is 11.9. The molecule has 0 radical (unpaired) electrons. The van der Waals surface area contributed by atoms with E-state index in [1.165, 1.54) is 7.11 Å². The molecule has 1 heterocycles. The third-order valence-electron chi connectivity index (χ3n) is 3.90. The van der Waals surface area contributed by atoms with Crippen molar-refractivity contribution in [3.8, 4) is 5.75 Å². The number of benzene rings is 1. The van der Waals surface area contributed by atoms with Crippen LogP contribution >= 0.6 is 0 Å². The highest BCUT2D eigenvalue weighted by Crippen LogP contribution is 2.23. The number of rotatable bonds is 11. The monoisotopic (exact) mass is 434 g/mol. The number of pyridine rings is 1. The van der Waals surface area contributed by atoms with Gasteiger partial charge < -0.3 is 29.0 Å². The van der Waals surface area contributed by atoms with E-state index in [1.54, 1.807) is 51.2 Å². The summed E-state index contributed by atoms with van der Waals surface area (Å²) in [6, 6.07) is 6.95. The molecule has 0 aliphatic carbocycles. The van der Waals surface area contributed by atoms with E-state index < -0.39 is 17.7 Å². The van der Waals surface area contributed by atoms with Gasteiger partial charge in [0, 0.05) is 18.1 Å². The first-order valence-corrected chi connectivity index (χ1v) is 10.0. The minimum absolute atomic E-state index is 0.347. The quantitative estimate of drug-likeness (QED) is 0.425. The van der Waals surface area contributed by atoms with Crippen LogP contribution in [0.15, 0.2) is 30.5 Å². The summed E-state index contributed by atoms with van der Waals surface area (Å²) in [5.41, 5.74) is 0.603. The van der Waals surface area contributed by atoms with Gasteiger partial charge in [0.1, 0.15) is 18.0 Å². The zero-order valence-electron chi connectivity index (χ0n) is 18.4. The lowest BCUT2D eigenvalue weighted by Gasteiger charge is -2.19. The number of ether oxygens (including phenoxy) is 5. The molecule has 0 atom stereocenters. The van der Waals surface area contributed by atoms with E-state index in [0.29, 0.717) is 61.8 Å². The number of esters is 1. The van der Waals surface area contributed by atoms with E-state index in [2.05, 4.69) is 10.3 Å². The van der Waals surface area contributed by atoms with E-state index in [9.17, 15) is 9.59 Å². The molecule has 0 aliphatic heterocycles. The lowest BCUT2D eigenvalue weighted by atomic mass is 10.1. The molecular weight excluding hydrogens is 404 g/mol. The molecule has 1 N–H and O–H groups in total. The van der Waals surface area contributed by atoms with Crippen LogP contribution in [0.1, 0.15) is 31.1 Å². The summed E-state index contributed by atoms with van der Waals surface area (Å²) in [4.78, 5) is 27.6. The topological polar surface area (TPSA) is 105 Å². The summed E-state index contributed by atoms with van der Waals surface area (Å²) in [6.45, 7) is 7.69. The van der Waals surface area contributed by atoms with E-state index in [1.807, 2.05) is 0 Å². The van der Waals surface area contributed by atoms with Crippen LogP contribution in [0.5, 0.6) is 5.75 Å². The van der Waals surface area contributed by atoms with Crippen molar-refractivity contribution in [1.82, 2.24) is 10.3 Å². The van der Waals surface area contributed by atoms with Gasteiger partial charge in [-0.05, 0) is 45.0 Å². The third kappa shape index (κ3) is 8.77. The SMILES string of the molecule is COC(=O)c1ccnc2ccc(OCCOCCOCCNC(=O)OC(C)(C)C)cc12. The second kappa shape index (κ2) is 12.1. The van der Waals surface area contributed by atoms with Crippen LogP contribution in [0.25, 0.3) is 10.9 Å². The molecule has 0 saturated carbocycles. The van der Waals surface area contributed by atoms with Crippen molar-refractivity contribution in [1.29, 1.82) is 0 Å². The van der Waals surface area contributed by atoms with Crippen LogP contribution in [-0.2, 0) is 18.9 Å². The fourth-order valence-electron chi connectivity index (χ4n) is 2.58. The number of alkyl carbamates (subject to hydrolysis) is 1. The molecule has 31 heavy (non-hydrogen) atoms. The molecule has 0 fully saturated rings. The Morgan fingerprint density at radius 3 is 2.42 bits per heavy atom. The van der Waals surface area contributed by atoms with Crippen molar-refractivity contribution in [2.75, 3.05) is 46.7 Å². The molecule has 9 nitrogen and oxygen atoms in total. The normalized spacial score (nSPS) is 11.2. The summed E-state index contributed by atoms with van der Waals surface area (Å²) in [6.07, 6.45) is 1.10. The number of nitrogens with one attached hydrogen (secondary N) is 1. The van der Waals surface area contributed by atoms with Crippen LogP contribution < -0.4 is 10.1 Å². The van der Waals surface area contributed by atoms with E-state index in [0.717, 1.165) is 0 Å². The molecule has 170 valence electrons. The minimum atomic E-state index is -0.520. The first-order valence-electron chi connectivity index (χ1n) is 10.0. The highest BCUT2D eigenvalue weighted by Gasteiger charge is 2.15.